The summed E-state index contributed by atoms with van der Waals surface area (Å²) in [4.78, 5) is 0. The molecule has 0 atom stereocenters. The first-order chi connectivity index (χ1) is 12.6. The number of hydrogen-bond donors (Lipinski definition) is 1. The van der Waals surface area contributed by atoms with Crippen molar-refractivity contribution in [3.8, 4) is 0 Å². The predicted octanol–water partition coefficient (Wildman–Crippen LogP) is 6.17. The van der Waals surface area contributed by atoms with Gasteiger partial charge in [-0.25, -0.2) is 0 Å². The van der Waals surface area contributed by atoms with Crippen LogP contribution in [-0.2, 0) is 0 Å². The molecule has 4 nitrogen and oxygen atoms in total. The molecule has 0 aliphatic rings. The highest BCUT2D eigenvalue weighted by molar-refractivity contribution is 5.99. The van der Waals surface area contributed by atoms with Crippen LogP contribution in [0, 0.1) is 20.8 Å². The van der Waals surface area contributed by atoms with Crippen molar-refractivity contribution < 1.29 is 0 Å². The average Bonchev–Trinajstić information content (AvgIpc) is 2.65. The molecule has 0 spiro atoms. The topological polar surface area (TPSA) is 49.1 Å². The normalized spacial score (nSPS) is 11.7. The van der Waals surface area contributed by atoms with Gasteiger partial charge in [-0.15, -0.1) is 10.2 Å². The van der Waals surface area contributed by atoms with Crippen LogP contribution in [0.25, 0.3) is 0 Å². The molecule has 0 heterocycles. The number of nitrogens with one attached hydrogen (secondary N) is 1. The van der Waals surface area contributed by atoms with Crippen molar-refractivity contribution in [3.05, 3.63) is 95.1 Å². The SMILES string of the molecule is Cc1ccc(N=NC(=NNc2ccc(C)cc2)c2ccc(C)cc2)cc1. The van der Waals surface area contributed by atoms with E-state index in [0.29, 0.717) is 5.84 Å². The van der Waals surface area contributed by atoms with Gasteiger partial charge in [0.05, 0.1) is 11.4 Å². The van der Waals surface area contributed by atoms with Crippen LogP contribution in [-0.4, -0.2) is 5.84 Å². The molecule has 0 saturated carbocycles. The highest BCUT2D eigenvalue weighted by Crippen LogP contribution is 2.15. The van der Waals surface area contributed by atoms with Gasteiger partial charge in [0.25, 0.3) is 0 Å². The fourth-order valence-electron chi connectivity index (χ4n) is 2.31. The standard InChI is InChI=1S/C22H22N4/c1-16-4-10-19(11-5-16)22(25-23-20-12-6-17(2)7-13-20)26-24-21-14-8-18(3)9-15-21/h4-15,23H,1-3H3. The zero-order valence-corrected chi connectivity index (χ0v) is 15.3. The first-order valence-electron chi connectivity index (χ1n) is 8.56. The highest BCUT2D eigenvalue weighted by Gasteiger charge is 2.03. The third-order valence-electron chi connectivity index (χ3n) is 3.95. The van der Waals surface area contributed by atoms with Gasteiger partial charge < -0.3 is 0 Å². The Kier molecular flexibility index (Phi) is 5.54. The second kappa shape index (κ2) is 8.21. The monoisotopic (exact) mass is 342 g/mol. The van der Waals surface area contributed by atoms with E-state index in [2.05, 4.69) is 34.6 Å². The molecule has 4 heteroatoms. The predicted molar refractivity (Wildman–Crippen MR) is 108 cm³/mol. The lowest BCUT2D eigenvalue weighted by molar-refractivity contribution is 1.22. The number of nitrogens with zero attached hydrogens (tertiary/aromatic N) is 3. The maximum absolute atomic E-state index is 4.46. The second-order valence-corrected chi connectivity index (χ2v) is 6.31. The van der Waals surface area contributed by atoms with E-state index in [9.17, 15) is 0 Å². The fourth-order valence-corrected chi connectivity index (χ4v) is 2.31. The third-order valence-corrected chi connectivity index (χ3v) is 3.95. The van der Waals surface area contributed by atoms with Crippen molar-refractivity contribution in [1.82, 2.24) is 0 Å². The van der Waals surface area contributed by atoms with Crippen LogP contribution in [0.4, 0.5) is 11.4 Å². The van der Waals surface area contributed by atoms with Crippen LogP contribution in [0.1, 0.15) is 22.3 Å². The molecule has 0 aliphatic heterocycles. The number of azo groups is 1. The molecule has 0 aliphatic carbocycles. The van der Waals surface area contributed by atoms with E-state index in [1.807, 2.05) is 79.7 Å². The Hall–Kier alpha value is -3.27. The molecule has 0 aromatic heterocycles. The molecule has 1 N–H and O–H groups in total. The number of aryl methyl sites for hydroxylation is 3. The van der Waals surface area contributed by atoms with Crippen LogP contribution in [0.5, 0.6) is 0 Å². The molecule has 0 saturated heterocycles. The van der Waals surface area contributed by atoms with Gasteiger partial charge in [-0.05, 0) is 45.0 Å². The molecule has 3 aromatic carbocycles. The average molecular weight is 342 g/mol. The van der Waals surface area contributed by atoms with Gasteiger partial charge in [-0.3, -0.25) is 5.43 Å². The summed E-state index contributed by atoms with van der Waals surface area (Å²) >= 11 is 0. The Morgan fingerprint density at radius 3 is 1.73 bits per heavy atom. The Morgan fingerprint density at radius 1 is 0.654 bits per heavy atom. The van der Waals surface area contributed by atoms with Crippen LogP contribution in [0.15, 0.2) is 88.1 Å². The van der Waals surface area contributed by atoms with Crippen molar-refractivity contribution >= 4 is 17.2 Å². The number of rotatable bonds is 4. The van der Waals surface area contributed by atoms with Crippen molar-refractivity contribution in [2.75, 3.05) is 5.43 Å². The quantitative estimate of drug-likeness (QED) is 0.262. The van der Waals surface area contributed by atoms with Crippen LogP contribution >= 0.6 is 0 Å². The molecule has 130 valence electrons. The van der Waals surface area contributed by atoms with Crippen molar-refractivity contribution in [3.63, 3.8) is 0 Å². The van der Waals surface area contributed by atoms with E-state index in [0.717, 1.165) is 16.9 Å². The van der Waals surface area contributed by atoms with Crippen molar-refractivity contribution in [2.45, 2.75) is 20.8 Å². The summed E-state index contributed by atoms with van der Waals surface area (Å²) in [6.07, 6.45) is 0. The van der Waals surface area contributed by atoms with E-state index < -0.39 is 0 Å². The summed E-state index contributed by atoms with van der Waals surface area (Å²) in [5, 5.41) is 13.2. The lowest BCUT2D eigenvalue weighted by atomic mass is 10.1. The summed E-state index contributed by atoms with van der Waals surface area (Å²) in [5.41, 5.74) is 9.27. The largest absolute Gasteiger partial charge is 0.276 e. The van der Waals surface area contributed by atoms with E-state index in [-0.39, 0.29) is 0 Å². The third kappa shape index (κ3) is 4.86. The molecular formula is C22H22N4. The lowest BCUT2D eigenvalue weighted by Gasteiger charge is -2.04. The summed E-state index contributed by atoms with van der Waals surface area (Å²) in [6.45, 7) is 6.16. The lowest BCUT2D eigenvalue weighted by Crippen LogP contribution is -2.01. The first-order valence-corrected chi connectivity index (χ1v) is 8.56. The van der Waals surface area contributed by atoms with Crippen LogP contribution < -0.4 is 5.43 Å². The Balaban J connectivity index is 1.87. The summed E-state index contributed by atoms with van der Waals surface area (Å²) < 4.78 is 0. The van der Waals surface area contributed by atoms with Crippen LogP contribution in [0.3, 0.4) is 0 Å². The van der Waals surface area contributed by atoms with Gasteiger partial charge in [-0.1, -0.05) is 65.2 Å². The minimum absolute atomic E-state index is 0.533. The molecule has 26 heavy (non-hydrogen) atoms. The molecule has 0 fully saturated rings. The summed E-state index contributed by atoms with van der Waals surface area (Å²) in [5.74, 6) is 0.533. The zero-order valence-electron chi connectivity index (χ0n) is 15.3. The maximum Gasteiger partial charge on any atom is 0.201 e. The van der Waals surface area contributed by atoms with E-state index in [1.54, 1.807) is 0 Å². The van der Waals surface area contributed by atoms with Crippen molar-refractivity contribution in [1.29, 1.82) is 0 Å². The zero-order chi connectivity index (χ0) is 18.4. The van der Waals surface area contributed by atoms with Gasteiger partial charge in [-0.2, -0.15) is 5.10 Å². The minimum Gasteiger partial charge on any atom is -0.276 e. The molecule has 0 amide bonds. The number of amidine groups is 1. The van der Waals surface area contributed by atoms with Gasteiger partial charge >= 0.3 is 0 Å². The molecule has 3 rings (SSSR count). The highest BCUT2D eigenvalue weighted by atomic mass is 15.3. The number of hydrazone groups is 1. The molecule has 3 aromatic rings. The first kappa shape index (κ1) is 17.5. The summed E-state index contributed by atoms with van der Waals surface area (Å²) in [7, 11) is 0. The van der Waals surface area contributed by atoms with Gasteiger partial charge in [0.2, 0.25) is 5.84 Å². The van der Waals surface area contributed by atoms with Gasteiger partial charge in [0.1, 0.15) is 0 Å². The van der Waals surface area contributed by atoms with Gasteiger partial charge in [0.15, 0.2) is 0 Å². The van der Waals surface area contributed by atoms with E-state index in [4.69, 9.17) is 0 Å². The number of benzene rings is 3. The van der Waals surface area contributed by atoms with E-state index >= 15 is 0 Å². The fraction of sp³-hybridized carbons (Fsp3) is 0.136. The number of hydrogen-bond acceptors (Lipinski definition) is 3. The molecule has 0 bridgehead atoms. The van der Waals surface area contributed by atoms with Crippen molar-refractivity contribution in [2.24, 2.45) is 15.3 Å². The maximum atomic E-state index is 4.46. The smallest absolute Gasteiger partial charge is 0.201 e. The minimum atomic E-state index is 0.533. The second-order valence-electron chi connectivity index (χ2n) is 6.31. The Bertz CT molecular complexity index is 906. The van der Waals surface area contributed by atoms with Crippen LogP contribution in [0.2, 0.25) is 0 Å². The Labute approximate surface area is 154 Å². The molecule has 0 radical (unpaired) electrons. The van der Waals surface area contributed by atoms with Gasteiger partial charge in [0, 0.05) is 5.56 Å². The Morgan fingerprint density at radius 2 is 1.15 bits per heavy atom. The summed E-state index contributed by atoms with van der Waals surface area (Å²) in [6, 6.07) is 24.1. The number of anilines is 1. The molecular weight excluding hydrogens is 320 g/mol. The molecule has 0 unspecified atom stereocenters. The van der Waals surface area contributed by atoms with E-state index in [1.165, 1.54) is 16.7 Å².